The van der Waals surface area contributed by atoms with E-state index in [9.17, 15) is 0 Å². The largest absolute Gasteiger partial charge is 0.0652 e. The first kappa shape index (κ1) is 37.9. The van der Waals surface area contributed by atoms with Crippen LogP contribution in [0.4, 0.5) is 0 Å². The molecule has 0 spiro atoms. The van der Waals surface area contributed by atoms with E-state index in [0.29, 0.717) is 0 Å². The van der Waals surface area contributed by atoms with E-state index in [2.05, 4.69) is 192 Å². The number of benzene rings is 6. The molecule has 0 heterocycles. The van der Waals surface area contributed by atoms with Gasteiger partial charge in [-0.3, -0.25) is 0 Å². The first-order valence-corrected chi connectivity index (χ1v) is 27.7. The molecule has 52 heavy (non-hydrogen) atoms. The SMILES string of the molecule is Cc1cccc(C)c1[Si](c1c(C)cccc1C)=[Si](c1c(C)cccc1C)[Si](c1c(C)cccc1C)=[Si](c1c(C)cccc1C)c1c(C)cccc1C. The predicted molar refractivity (Wildman–Crippen MR) is 236 cm³/mol. The van der Waals surface area contributed by atoms with Crippen molar-refractivity contribution in [3.05, 3.63) is 176 Å². The molecule has 0 bridgehead atoms. The number of rotatable bonds is 7. The smallest absolute Gasteiger partial charge is 0.0617 e. The van der Waals surface area contributed by atoms with Crippen LogP contribution in [-0.4, -0.2) is 30.6 Å². The van der Waals surface area contributed by atoms with E-state index < -0.39 is 30.6 Å². The normalized spacial score (nSPS) is 11.1. The summed E-state index contributed by atoms with van der Waals surface area (Å²) in [5.74, 6) is 0. The van der Waals surface area contributed by atoms with E-state index in [1.165, 1.54) is 66.8 Å². The van der Waals surface area contributed by atoms with Crippen molar-refractivity contribution in [2.45, 2.75) is 83.1 Å². The van der Waals surface area contributed by atoms with Gasteiger partial charge in [-0.1, -0.05) is 109 Å². The maximum absolute atomic E-state index is 2.43. The van der Waals surface area contributed by atoms with Crippen LogP contribution < -0.4 is 31.1 Å². The third-order valence-electron chi connectivity index (χ3n) is 11.1. The van der Waals surface area contributed by atoms with Crippen molar-refractivity contribution in [1.82, 2.24) is 0 Å². The fraction of sp³-hybridized carbons (Fsp3) is 0.250. The van der Waals surface area contributed by atoms with Gasteiger partial charge in [0.1, 0.15) is 0 Å². The van der Waals surface area contributed by atoms with Gasteiger partial charge in [-0.05, 0) is 181 Å². The molecule has 262 valence electrons. The standard InChI is InChI=1S/C48H54Si4/c1-31-19-13-20-32(2)43(31)49(44-33(3)21-14-22-34(44)4)51(47-39(9)27-17-28-40(47)10)52(48-41(11)29-18-30-42(48)12)50(45-35(5)23-15-24-36(45)6)46-37(7)25-16-26-38(46)8/h13-30H,1-12H3. The van der Waals surface area contributed by atoms with Crippen molar-refractivity contribution in [3.63, 3.8) is 0 Å². The second-order valence-electron chi connectivity index (χ2n) is 15.1. The summed E-state index contributed by atoms with van der Waals surface area (Å²) >= 11 is 0. The van der Waals surface area contributed by atoms with Crippen molar-refractivity contribution in [2.75, 3.05) is 0 Å². The first-order chi connectivity index (χ1) is 24.8. The Bertz CT molecular complexity index is 2030. The number of aryl methyl sites for hydroxylation is 12. The number of hydrogen-bond acceptors (Lipinski definition) is 0. The summed E-state index contributed by atoms with van der Waals surface area (Å²) in [4.78, 5) is 0. The zero-order valence-electron chi connectivity index (χ0n) is 33.4. The monoisotopic (exact) mass is 742 g/mol. The summed E-state index contributed by atoms with van der Waals surface area (Å²) in [6.45, 7) is 28.9. The summed E-state index contributed by atoms with van der Waals surface area (Å²) in [6, 6.07) is 42.6. The Labute approximate surface area is 319 Å². The summed E-state index contributed by atoms with van der Waals surface area (Å²) < 4.78 is 0. The number of hydrogen-bond donors (Lipinski definition) is 0. The minimum Gasteiger partial charge on any atom is -0.0617 e. The van der Waals surface area contributed by atoms with E-state index in [1.54, 1.807) is 31.1 Å². The lowest BCUT2D eigenvalue weighted by Gasteiger charge is -2.30. The first-order valence-electron chi connectivity index (χ1n) is 18.7. The molecule has 0 aliphatic rings. The highest BCUT2D eigenvalue weighted by Gasteiger charge is 2.33. The topological polar surface area (TPSA) is 0 Å². The molecule has 0 aliphatic heterocycles. The molecule has 4 heteroatoms. The molecule has 0 amide bonds. The van der Waals surface area contributed by atoms with E-state index in [0.717, 1.165) is 0 Å². The lowest BCUT2D eigenvalue weighted by Crippen LogP contribution is -2.63. The Morgan fingerprint density at radius 1 is 0.212 bits per heavy atom. The molecular formula is C48H54Si4. The average molecular weight is 743 g/mol. The van der Waals surface area contributed by atoms with Crippen LogP contribution in [0.1, 0.15) is 66.8 Å². The van der Waals surface area contributed by atoms with Crippen LogP contribution in [-0.2, 0) is 0 Å². The fourth-order valence-electron chi connectivity index (χ4n) is 8.75. The molecule has 6 aromatic carbocycles. The Kier molecular flexibility index (Phi) is 11.4. The zero-order chi connectivity index (χ0) is 37.4. The third kappa shape index (κ3) is 6.99. The van der Waals surface area contributed by atoms with Gasteiger partial charge >= 0.3 is 0 Å². The lowest BCUT2D eigenvalue weighted by atomic mass is 10.1. The average Bonchev–Trinajstić information content (AvgIpc) is 3.07. The lowest BCUT2D eigenvalue weighted by molar-refractivity contribution is 1.41. The van der Waals surface area contributed by atoms with Gasteiger partial charge in [0.15, 0.2) is 0 Å². The van der Waals surface area contributed by atoms with E-state index in [1.807, 2.05) is 0 Å². The predicted octanol–water partition coefficient (Wildman–Crippen LogP) is 7.35. The van der Waals surface area contributed by atoms with Crippen LogP contribution >= 0.6 is 0 Å². The highest BCUT2D eigenvalue weighted by molar-refractivity contribution is 7.53. The minimum atomic E-state index is -1.37. The van der Waals surface area contributed by atoms with Crippen LogP contribution in [0.3, 0.4) is 0 Å². The van der Waals surface area contributed by atoms with Gasteiger partial charge in [0.25, 0.3) is 0 Å². The Morgan fingerprint density at radius 3 is 0.500 bits per heavy atom. The van der Waals surface area contributed by atoms with Gasteiger partial charge in [0.05, 0.1) is 15.8 Å². The summed E-state index contributed by atoms with van der Waals surface area (Å²) in [7, 11) is -5.46. The molecule has 6 aromatic rings. The van der Waals surface area contributed by atoms with Crippen molar-refractivity contribution >= 4 is 61.7 Å². The second-order valence-corrected chi connectivity index (χ2v) is 33.1. The summed E-state index contributed by atoms with van der Waals surface area (Å²) in [5.41, 5.74) is 17.6. The quantitative estimate of drug-likeness (QED) is 0.150. The molecule has 6 rings (SSSR count). The maximum atomic E-state index is 2.43. The minimum absolute atomic E-state index is 1.36. The molecule has 0 nitrogen and oxygen atoms in total. The molecule has 0 fully saturated rings. The Balaban J connectivity index is 2.13. The molecule has 0 aromatic heterocycles. The third-order valence-corrected chi connectivity index (χ3v) is 42.1. The van der Waals surface area contributed by atoms with Gasteiger partial charge in [-0.2, -0.15) is 0 Å². The molecule has 0 saturated heterocycles. The van der Waals surface area contributed by atoms with Gasteiger partial charge in [0.2, 0.25) is 0 Å². The van der Waals surface area contributed by atoms with Gasteiger partial charge < -0.3 is 0 Å². The van der Waals surface area contributed by atoms with E-state index in [-0.39, 0.29) is 0 Å². The highest BCUT2D eigenvalue weighted by atomic mass is 29.5. The summed E-state index contributed by atoms with van der Waals surface area (Å²) in [6.07, 6.45) is 0. The van der Waals surface area contributed by atoms with Crippen molar-refractivity contribution < 1.29 is 0 Å². The molecule has 0 N–H and O–H groups in total. The molecule has 0 saturated carbocycles. The molecular weight excluding hydrogens is 689 g/mol. The van der Waals surface area contributed by atoms with Crippen LogP contribution in [0.5, 0.6) is 0 Å². The van der Waals surface area contributed by atoms with E-state index >= 15 is 0 Å². The molecule has 0 atom stereocenters. The van der Waals surface area contributed by atoms with Crippen LogP contribution in [0.25, 0.3) is 0 Å². The molecule has 0 unspecified atom stereocenters. The van der Waals surface area contributed by atoms with Gasteiger partial charge in [0, 0.05) is 14.8 Å². The van der Waals surface area contributed by atoms with Crippen LogP contribution in [0, 0.1) is 83.1 Å². The molecule has 0 radical (unpaired) electrons. The van der Waals surface area contributed by atoms with E-state index in [4.69, 9.17) is 0 Å². The van der Waals surface area contributed by atoms with Gasteiger partial charge in [-0.25, -0.2) is 0 Å². The van der Waals surface area contributed by atoms with Crippen LogP contribution in [0.2, 0.25) is 0 Å². The summed E-state index contributed by atoms with van der Waals surface area (Å²) in [5, 5.41) is 10.0. The van der Waals surface area contributed by atoms with Crippen molar-refractivity contribution in [3.8, 4) is 0 Å². The van der Waals surface area contributed by atoms with Crippen LogP contribution in [0.15, 0.2) is 109 Å². The van der Waals surface area contributed by atoms with Crippen molar-refractivity contribution in [2.24, 2.45) is 0 Å². The van der Waals surface area contributed by atoms with Gasteiger partial charge in [-0.15, -0.1) is 0 Å². The molecule has 0 aliphatic carbocycles. The Morgan fingerprint density at radius 2 is 0.346 bits per heavy atom. The van der Waals surface area contributed by atoms with Crippen molar-refractivity contribution in [1.29, 1.82) is 0 Å². The zero-order valence-corrected chi connectivity index (χ0v) is 37.4. The second kappa shape index (κ2) is 15.7. The fourth-order valence-corrected chi connectivity index (χ4v) is 52.4. The maximum Gasteiger partial charge on any atom is 0.0652 e. The highest BCUT2D eigenvalue weighted by Crippen LogP contribution is 2.13. The Hall–Kier alpha value is -3.81.